The largest absolute Gasteiger partial charge is 0.433 e. The van der Waals surface area contributed by atoms with Crippen LogP contribution in [0.15, 0.2) is 5.16 Å². The molecular weight excluding hydrogens is 292 g/mol. The van der Waals surface area contributed by atoms with E-state index >= 15 is 0 Å². The van der Waals surface area contributed by atoms with Crippen molar-refractivity contribution < 1.29 is 9.63 Å². The maximum Gasteiger partial charge on any atom is 0.433 e. The quantitative estimate of drug-likeness (QED) is 0.256. The number of hydrogen-bond donors (Lipinski definition) is 1. The van der Waals surface area contributed by atoms with E-state index in [4.69, 9.17) is 4.84 Å². The van der Waals surface area contributed by atoms with Gasteiger partial charge in [0, 0.05) is 13.5 Å². The van der Waals surface area contributed by atoms with Gasteiger partial charge < -0.3 is 5.32 Å². The molecule has 1 atom stereocenters. The molecule has 0 rings (SSSR count). The highest BCUT2D eigenvalue weighted by molar-refractivity contribution is 8.24. The minimum absolute atomic E-state index is 0.111. The van der Waals surface area contributed by atoms with Gasteiger partial charge in [0.05, 0.1) is 4.58 Å². The molecule has 0 aliphatic rings. The molecule has 20 heavy (non-hydrogen) atoms. The smallest absolute Gasteiger partial charge is 0.323 e. The number of carbonyl (C=O) groups is 1. The Bertz CT molecular complexity index is 326. The molecule has 0 radical (unpaired) electrons. The first kappa shape index (κ1) is 19.6. The zero-order valence-electron chi connectivity index (χ0n) is 13.6. The van der Waals surface area contributed by atoms with E-state index in [-0.39, 0.29) is 5.41 Å². The molecule has 6 heteroatoms. The molecule has 0 aromatic rings. The van der Waals surface area contributed by atoms with Gasteiger partial charge in [-0.15, -0.1) is 11.8 Å². The molecule has 0 aromatic heterocycles. The van der Waals surface area contributed by atoms with Gasteiger partial charge in [-0.2, -0.15) is 0 Å². The molecule has 0 heterocycles. The van der Waals surface area contributed by atoms with Gasteiger partial charge in [-0.05, 0) is 24.0 Å². The first-order valence-corrected chi connectivity index (χ1v) is 8.80. The molecule has 118 valence electrons. The van der Waals surface area contributed by atoms with Crippen LogP contribution < -0.4 is 5.32 Å². The molecule has 1 N–H and O–H groups in total. The summed E-state index contributed by atoms with van der Waals surface area (Å²) < 4.78 is 0.395. The number of nitrogens with one attached hydrogen (secondary N) is 1. The molecule has 0 saturated carbocycles. The van der Waals surface area contributed by atoms with Gasteiger partial charge in [-0.1, -0.05) is 51.5 Å². The van der Waals surface area contributed by atoms with Gasteiger partial charge in [-0.3, -0.25) is 4.84 Å². The highest BCUT2D eigenvalue weighted by atomic mass is 32.2. The SMILES string of the molecule is CNC(=O)ON=C(CC(C)(C)C)SC(C)SCC(C)C. The fourth-order valence-electron chi connectivity index (χ4n) is 1.24. The first-order valence-electron chi connectivity index (χ1n) is 6.88. The van der Waals surface area contributed by atoms with Crippen LogP contribution in [0.1, 0.15) is 48.0 Å². The normalized spacial score (nSPS) is 14.3. The summed E-state index contributed by atoms with van der Waals surface area (Å²) in [4.78, 5) is 16.0. The summed E-state index contributed by atoms with van der Waals surface area (Å²) in [6, 6.07) is 0. The Kier molecular flexibility index (Phi) is 9.38. The topological polar surface area (TPSA) is 50.7 Å². The second kappa shape index (κ2) is 9.55. The maximum absolute atomic E-state index is 11.1. The fraction of sp³-hybridized carbons (Fsp3) is 0.857. The van der Waals surface area contributed by atoms with Crippen molar-refractivity contribution in [2.45, 2.75) is 52.5 Å². The molecule has 1 unspecified atom stereocenters. The highest BCUT2D eigenvalue weighted by Gasteiger charge is 2.19. The summed E-state index contributed by atoms with van der Waals surface area (Å²) in [6.45, 7) is 13.0. The van der Waals surface area contributed by atoms with Crippen molar-refractivity contribution in [3.05, 3.63) is 0 Å². The Morgan fingerprint density at radius 1 is 1.30 bits per heavy atom. The monoisotopic (exact) mass is 320 g/mol. The summed E-state index contributed by atoms with van der Waals surface area (Å²) >= 11 is 3.58. The van der Waals surface area contributed by atoms with Crippen LogP contribution in [0.3, 0.4) is 0 Å². The van der Waals surface area contributed by atoms with Gasteiger partial charge in [0.2, 0.25) is 0 Å². The summed E-state index contributed by atoms with van der Waals surface area (Å²) in [7, 11) is 1.52. The van der Waals surface area contributed by atoms with E-state index in [0.29, 0.717) is 10.5 Å². The second-order valence-corrected chi connectivity index (χ2v) is 9.35. The van der Waals surface area contributed by atoms with E-state index in [2.05, 4.69) is 52.0 Å². The van der Waals surface area contributed by atoms with E-state index in [0.717, 1.165) is 17.2 Å². The van der Waals surface area contributed by atoms with Crippen LogP contribution in [0, 0.1) is 11.3 Å². The second-order valence-electron chi connectivity index (χ2n) is 6.26. The van der Waals surface area contributed by atoms with Crippen molar-refractivity contribution in [2.75, 3.05) is 12.8 Å². The Hall–Kier alpha value is -0.360. The van der Waals surface area contributed by atoms with Crippen molar-refractivity contribution in [3.8, 4) is 0 Å². The van der Waals surface area contributed by atoms with Crippen LogP contribution >= 0.6 is 23.5 Å². The summed E-state index contributed by atoms with van der Waals surface area (Å²) in [5, 5.41) is 7.26. The average Bonchev–Trinajstić information content (AvgIpc) is 2.31. The van der Waals surface area contributed by atoms with Crippen LogP contribution in [0.25, 0.3) is 0 Å². The van der Waals surface area contributed by atoms with E-state index in [1.807, 2.05) is 11.8 Å². The van der Waals surface area contributed by atoms with E-state index in [1.165, 1.54) is 7.05 Å². The van der Waals surface area contributed by atoms with Crippen LogP contribution in [0.4, 0.5) is 4.79 Å². The van der Waals surface area contributed by atoms with Crippen molar-refractivity contribution in [2.24, 2.45) is 16.5 Å². The number of thioether (sulfide) groups is 2. The lowest BCUT2D eigenvalue weighted by Gasteiger charge is -2.20. The predicted octanol–water partition coefficient (Wildman–Crippen LogP) is 4.56. The summed E-state index contributed by atoms with van der Waals surface area (Å²) in [5.74, 6) is 1.79. The molecule has 4 nitrogen and oxygen atoms in total. The van der Waals surface area contributed by atoms with Crippen LogP contribution in [-0.4, -0.2) is 28.5 Å². The molecular formula is C14H28N2O2S2. The van der Waals surface area contributed by atoms with E-state index in [9.17, 15) is 4.79 Å². The van der Waals surface area contributed by atoms with Gasteiger partial charge in [0.1, 0.15) is 5.04 Å². The number of rotatable bonds is 6. The average molecular weight is 321 g/mol. The standard InChI is InChI=1S/C14H28N2O2S2/c1-10(2)9-19-11(3)20-12(8-14(4,5)6)16-18-13(17)15-7/h10-11H,8-9H2,1-7H3,(H,15,17). The third-order valence-electron chi connectivity index (χ3n) is 2.08. The fourth-order valence-corrected chi connectivity index (χ4v) is 3.72. The van der Waals surface area contributed by atoms with Crippen LogP contribution in [0.5, 0.6) is 0 Å². The Labute approximate surface area is 131 Å². The first-order chi connectivity index (χ1) is 9.14. The van der Waals surface area contributed by atoms with Crippen molar-refractivity contribution in [1.29, 1.82) is 0 Å². The molecule has 1 amide bonds. The Balaban J connectivity index is 4.56. The molecule has 0 aromatic carbocycles. The van der Waals surface area contributed by atoms with Gasteiger partial charge >= 0.3 is 6.09 Å². The number of carbonyl (C=O) groups excluding carboxylic acids is 1. The minimum atomic E-state index is -0.528. The lowest BCUT2D eigenvalue weighted by Crippen LogP contribution is -2.19. The van der Waals surface area contributed by atoms with Crippen molar-refractivity contribution >= 4 is 34.7 Å². The zero-order valence-corrected chi connectivity index (χ0v) is 15.3. The lowest BCUT2D eigenvalue weighted by atomic mass is 9.93. The molecule has 0 fully saturated rings. The number of amides is 1. The molecule has 0 saturated heterocycles. The number of nitrogens with zero attached hydrogens (tertiary/aromatic N) is 1. The third-order valence-corrected chi connectivity index (χ3v) is 4.93. The number of hydrogen-bond acceptors (Lipinski definition) is 5. The maximum atomic E-state index is 11.1. The van der Waals surface area contributed by atoms with Crippen molar-refractivity contribution in [1.82, 2.24) is 5.32 Å². The third kappa shape index (κ3) is 11.5. The number of oxime groups is 1. The molecule has 0 spiro atoms. The predicted molar refractivity (Wildman–Crippen MR) is 91.4 cm³/mol. The molecule has 0 bridgehead atoms. The van der Waals surface area contributed by atoms with Gasteiger partial charge in [0.25, 0.3) is 0 Å². The summed E-state index contributed by atoms with van der Waals surface area (Å²) in [5.41, 5.74) is 0.111. The zero-order chi connectivity index (χ0) is 15.8. The van der Waals surface area contributed by atoms with Gasteiger partial charge in [-0.25, -0.2) is 4.79 Å². The Morgan fingerprint density at radius 2 is 1.90 bits per heavy atom. The van der Waals surface area contributed by atoms with Crippen molar-refractivity contribution in [3.63, 3.8) is 0 Å². The molecule has 0 aliphatic carbocycles. The lowest BCUT2D eigenvalue weighted by molar-refractivity contribution is 0.153. The Morgan fingerprint density at radius 3 is 2.35 bits per heavy atom. The van der Waals surface area contributed by atoms with E-state index in [1.54, 1.807) is 11.8 Å². The highest BCUT2D eigenvalue weighted by Crippen LogP contribution is 2.31. The van der Waals surface area contributed by atoms with E-state index < -0.39 is 6.09 Å². The molecule has 0 aliphatic heterocycles. The van der Waals surface area contributed by atoms with Gasteiger partial charge in [0.15, 0.2) is 0 Å². The van der Waals surface area contributed by atoms with Crippen LogP contribution in [0.2, 0.25) is 0 Å². The minimum Gasteiger partial charge on any atom is -0.323 e. The van der Waals surface area contributed by atoms with Crippen LogP contribution in [-0.2, 0) is 4.84 Å². The summed E-state index contributed by atoms with van der Waals surface area (Å²) in [6.07, 6.45) is 0.265.